The molecule has 186 valence electrons. The predicted octanol–water partition coefficient (Wildman–Crippen LogP) is 7.77. The number of allylic oxidation sites excluding steroid dienone is 3. The van der Waals surface area contributed by atoms with Crippen molar-refractivity contribution in [2.75, 3.05) is 11.4 Å². The van der Waals surface area contributed by atoms with Crippen molar-refractivity contribution in [3.8, 4) is 17.0 Å². The number of pyridine rings is 1. The summed E-state index contributed by atoms with van der Waals surface area (Å²) in [5.74, 6) is 0.282. The summed E-state index contributed by atoms with van der Waals surface area (Å²) < 4.78 is 2.15. The SMILES string of the molecule is C/C=C/n1ccc(/C=C\C=C2/Sc3ccc(O)cc3N2Cc2ccccc2)c2ccc(=NCCC)cc1-2. The Morgan fingerprint density at radius 1 is 1.00 bits per heavy atom. The number of anilines is 1. The van der Waals surface area contributed by atoms with Crippen LogP contribution in [0.2, 0.25) is 0 Å². The standard InChI is InChI=1S/C32H31N3OS/c1-3-18-33-26-13-15-28-25(17-20-34(19-4-2)29(28)21-26)11-8-12-32-35(23-24-9-6-5-7-10-24)30-22-27(36)14-16-31(30)37-32/h4-17,19-22,36H,3,18,23H2,1-2H3/b11-8-,19-4+,32-12-,33-26?. The van der Waals surface area contributed by atoms with Crippen molar-refractivity contribution in [2.24, 2.45) is 4.99 Å². The Morgan fingerprint density at radius 3 is 2.68 bits per heavy atom. The van der Waals surface area contributed by atoms with E-state index in [-0.39, 0.29) is 5.75 Å². The van der Waals surface area contributed by atoms with Gasteiger partial charge >= 0.3 is 0 Å². The van der Waals surface area contributed by atoms with Crippen molar-refractivity contribution < 1.29 is 5.11 Å². The van der Waals surface area contributed by atoms with E-state index < -0.39 is 0 Å². The van der Waals surface area contributed by atoms with Crippen LogP contribution in [0.3, 0.4) is 0 Å². The van der Waals surface area contributed by atoms with Crippen LogP contribution in [-0.4, -0.2) is 16.2 Å². The number of aromatic nitrogens is 1. The highest BCUT2D eigenvalue weighted by Crippen LogP contribution is 2.48. The lowest BCUT2D eigenvalue weighted by Crippen LogP contribution is -2.16. The molecule has 1 N–H and O–H groups in total. The average molecular weight is 506 g/mol. The van der Waals surface area contributed by atoms with E-state index in [0.29, 0.717) is 0 Å². The number of nitrogens with zero attached hydrogens (tertiary/aromatic N) is 3. The molecular formula is C32H31N3OS. The predicted molar refractivity (Wildman–Crippen MR) is 156 cm³/mol. The van der Waals surface area contributed by atoms with E-state index in [9.17, 15) is 5.11 Å². The first-order valence-corrected chi connectivity index (χ1v) is 13.5. The van der Waals surface area contributed by atoms with Gasteiger partial charge in [-0.05, 0) is 60.9 Å². The highest BCUT2D eigenvalue weighted by atomic mass is 32.2. The normalized spacial score (nSPS) is 15.0. The van der Waals surface area contributed by atoms with E-state index in [1.165, 1.54) is 11.1 Å². The molecule has 0 fully saturated rings. The molecule has 1 aliphatic carbocycles. The minimum atomic E-state index is 0.282. The number of phenols is 1. The molecule has 0 radical (unpaired) electrons. The minimum Gasteiger partial charge on any atom is -0.508 e. The monoisotopic (exact) mass is 505 g/mol. The minimum absolute atomic E-state index is 0.282. The van der Waals surface area contributed by atoms with E-state index in [1.807, 2.05) is 31.2 Å². The van der Waals surface area contributed by atoms with Crippen LogP contribution in [0.5, 0.6) is 5.75 Å². The zero-order chi connectivity index (χ0) is 25.6. The lowest BCUT2D eigenvalue weighted by molar-refractivity contribution is 0.475. The summed E-state index contributed by atoms with van der Waals surface area (Å²) in [7, 11) is 0. The van der Waals surface area contributed by atoms with Crippen molar-refractivity contribution >= 4 is 29.7 Å². The molecule has 0 amide bonds. The molecule has 37 heavy (non-hydrogen) atoms. The number of phenolic OH excluding ortho intramolecular Hbond substituents is 1. The van der Waals surface area contributed by atoms with Gasteiger partial charge in [0, 0.05) is 42.0 Å². The molecule has 2 aromatic carbocycles. The molecule has 0 aromatic heterocycles. The van der Waals surface area contributed by atoms with Crippen molar-refractivity contribution in [3.05, 3.63) is 119 Å². The Balaban J connectivity index is 1.49. The van der Waals surface area contributed by atoms with E-state index in [0.717, 1.165) is 51.7 Å². The Kier molecular flexibility index (Phi) is 7.62. The number of thioether (sulfide) groups is 1. The van der Waals surface area contributed by atoms with Gasteiger partial charge < -0.3 is 14.6 Å². The number of hydrogen-bond donors (Lipinski definition) is 1. The summed E-state index contributed by atoms with van der Waals surface area (Å²) >= 11 is 1.73. The quantitative estimate of drug-likeness (QED) is 0.279. The van der Waals surface area contributed by atoms with Gasteiger partial charge in [-0.25, -0.2) is 0 Å². The third-order valence-corrected chi connectivity index (χ3v) is 7.36. The van der Waals surface area contributed by atoms with Gasteiger partial charge in [-0.2, -0.15) is 0 Å². The summed E-state index contributed by atoms with van der Waals surface area (Å²) in [6.07, 6.45) is 13.7. The van der Waals surface area contributed by atoms with Crippen LogP contribution in [-0.2, 0) is 6.54 Å². The van der Waals surface area contributed by atoms with E-state index in [2.05, 4.69) is 95.5 Å². The van der Waals surface area contributed by atoms with Crippen molar-refractivity contribution in [1.82, 2.24) is 4.57 Å². The zero-order valence-corrected chi connectivity index (χ0v) is 22.0. The average Bonchev–Trinajstić information content (AvgIpc) is 3.25. The second-order valence-corrected chi connectivity index (χ2v) is 10.00. The van der Waals surface area contributed by atoms with Gasteiger partial charge in [0.2, 0.25) is 0 Å². The fourth-order valence-corrected chi connectivity index (χ4v) is 5.52. The van der Waals surface area contributed by atoms with Crippen LogP contribution in [0.25, 0.3) is 23.5 Å². The number of rotatable bonds is 7. The van der Waals surface area contributed by atoms with E-state index in [1.54, 1.807) is 17.8 Å². The number of hydrogen-bond acceptors (Lipinski definition) is 4. The van der Waals surface area contributed by atoms with Crippen LogP contribution < -0.4 is 10.3 Å². The first-order chi connectivity index (χ1) is 18.2. The molecule has 5 heteroatoms. The highest BCUT2D eigenvalue weighted by Gasteiger charge is 2.25. The van der Waals surface area contributed by atoms with E-state index >= 15 is 0 Å². The molecule has 0 spiro atoms. The van der Waals surface area contributed by atoms with Gasteiger partial charge in [-0.15, -0.1) is 0 Å². The van der Waals surface area contributed by atoms with Crippen molar-refractivity contribution in [1.29, 1.82) is 0 Å². The molecule has 0 bridgehead atoms. The topological polar surface area (TPSA) is 40.8 Å². The van der Waals surface area contributed by atoms with Crippen molar-refractivity contribution in [3.63, 3.8) is 0 Å². The molecule has 5 rings (SSSR count). The Labute approximate surface area is 223 Å². The second-order valence-electron chi connectivity index (χ2n) is 8.93. The number of fused-ring (bicyclic) bond motifs is 2. The lowest BCUT2D eigenvalue weighted by atomic mass is 10.0. The zero-order valence-electron chi connectivity index (χ0n) is 21.2. The summed E-state index contributed by atoms with van der Waals surface area (Å²) in [6.45, 7) is 5.75. The van der Waals surface area contributed by atoms with E-state index in [4.69, 9.17) is 4.99 Å². The summed E-state index contributed by atoms with van der Waals surface area (Å²) in [6, 6.07) is 24.6. The third kappa shape index (κ3) is 5.57. The largest absolute Gasteiger partial charge is 0.508 e. The van der Waals surface area contributed by atoms with Gasteiger partial charge in [0.05, 0.1) is 21.8 Å². The Hall–Kier alpha value is -3.96. The van der Waals surface area contributed by atoms with Crippen LogP contribution in [0.1, 0.15) is 31.4 Å². The molecule has 0 unspecified atom stereocenters. The van der Waals surface area contributed by atoms with Gasteiger partial charge in [0.25, 0.3) is 0 Å². The molecule has 0 saturated carbocycles. The van der Waals surface area contributed by atoms with Crippen LogP contribution in [0.4, 0.5) is 5.69 Å². The maximum atomic E-state index is 10.1. The molecule has 2 aromatic rings. The number of aromatic hydroxyl groups is 1. The van der Waals surface area contributed by atoms with Gasteiger partial charge in [-0.1, -0.05) is 73.3 Å². The number of benzene rings is 3. The molecular weight excluding hydrogens is 474 g/mol. The maximum absolute atomic E-state index is 10.1. The van der Waals surface area contributed by atoms with Gasteiger partial charge in [0.1, 0.15) is 5.75 Å². The first kappa shape index (κ1) is 24.7. The van der Waals surface area contributed by atoms with Crippen LogP contribution >= 0.6 is 11.8 Å². The fourth-order valence-electron chi connectivity index (χ4n) is 4.46. The smallest absolute Gasteiger partial charge is 0.117 e. The molecule has 2 heterocycles. The van der Waals surface area contributed by atoms with Crippen LogP contribution in [0, 0.1) is 0 Å². The van der Waals surface area contributed by atoms with Gasteiger partial charge in [-0.3, -0.25) is 4.99 Å². The first-order valence-electron chi connectivity index (χ1n) is 12.6. The summed E-state index contributed by atoms with van der Waals surface area (Å²) in [5, 5.41) is 12.3. The summed E-state index contributed by atoms with van der Waals surface area (Å²) in [4.78, 5) is 8.11. The van der Waals surface area contributed by atoms with Gasteiger partial charge in [0.15, 0.2) is 0 Å². The lowest BCUT2D eigenvalue weighted by Gasteiger charge is -2.20. The maximum Gasteiger partial charge on any atom is 0.117 e. The molecule has 0 saturated heterocycles. The molecule has 2 aliphatic heterocycles. The second kappa shape index (κ2) is 11.4. The van der Waals surface area contributed by atoms with Crippen LogP contribution in [0.15, 0.2) is 112 Å². The third-order valence-electron chi connectivity index (χ3n) is 6.22. The Bertz CT molecular complexity index is 1510. The summed E-state index contributed by atoms with van der Waals surface area (Å²) in [5.41, 5.74) is 5.73. The highest BCUT2D eigenvalue weighted by molar-refractivity contribution is 8.03. The van der Waals surface area contributed by atoms with Crippen molar-refractivity contribution in [2.45, 2.75) is 31.7 Å². The fraction of sp³-hybridized carbons (Fsp3) is 0.156. The molecule has 4 nitrogen and oxygen atoms in total. The molecule has 3 aliphatic rings. The molecule has 0 atom stereocenters. The Morgan fingerprint density at radius 2 is 1.86 bits per heavy atom.